The Kier molecular flexibility index (Phi) is 5.86. The number of benzene rings is 3. The summed E-state index contributed by atoms with van der Waals surface area (Å²) in [6, 6.07) is 18.7. The van der Waals surface area contributed by atoms with Crippen LogP contribution in [0.5, 0.6) is 5.75 Å². The standard InChI is InChI=1S/C32H29ClN4O3/c1-17(33)23-16-37(28-15-29(38)21-7-3-4-8-22(21)30(23)28)32(40)27-14-19-12-20(10-11-25(19)36-27)34-31(39)26-13-18-6-2-5-9-24(18)35-26/h2,5-6,9-15,17,23,35-36,38H,3-4,7-8,16H2,1H3,(H,34,39)/t17-,23+/m1/s1. The van der Waals surface area contributed by atoms with Gasteiger partial charge in [0.05, 0.1) is 5.69 Å². The number of aromatic amines is 2. The summed E-state index contributed by atoms with van der Waals surface area (Å²) >= 11 is 6.66. The van der Waals surface area contributed by atoms with E-state index >= 15 is 0 Å². The number of phenols is 1. The van der Waals surface area contributed by atoms with E-state index in [0.717, 1.165) is 64.3 Å². The number of nitrogens with zero attached hydrogens (tertiary/aromatic N) is 1. The molecule has 0 saturated heterocycles. The average Bonchev–Trinajstić information content (AvgIpc) is 3.67. The van der Waals surface area contributed by atoms with Gasteiger partial charge in [-0.3, -0.25) is 9.59 Å². The summed E-state index contributed by atoms with van der Waals surface area (Å²) in [6.45, 7) is 2.44. The summed E-state index contributed by atoms with van der Waals surface area (Å²) in [5.41, 5.74) is 7.30. The quantitative estimate of drug-likeness (QED) is 0.183. The lowest BCUT2D eigenvalue weighted by atomic mass is 9.83. The molecule has 5 aromatic rings. The number of aromatic nitrogens is 2. The second-order valence-corrected chi connectivity index (χ2v) is 11.6. The van der Waals surface area contributed by atoms with E-state index in [4.69, 9.17) is 11.6 Å². The van der Waals surface area contributed by atoms with Crippen LogP contribution in [0.1, 0.15) is 63.4 Å². The highest BCUT2D eigenvalue weighted by molar-refractivity contribution is 6.21. The lowest BCUT2D eigenvalue weighted by molar-refractivity contribution is 0.0982. The van der Waals surface area contributed by atoms with E-state index in [0.29, 0.717) is 23.6 Å². The number of alkyl halides is 1. The minimum absolute atomic E-state index is 0.00361. The minimum atomic E-state index is -0.236. The van der Waals surface area contributed by atoms with Crippen molar-refractivity contribution in [2.45, 2.75) is 43.9 Å². The Balaban J connectivity index is 1.18. The molecule has 0 unspecified atom stereocenters. The number of hydrogen-bond donors (Lipinski definition) is 4. The number of anilines is 2. The monoisotopic (exact) mass is 552 g/mol. The van der Waals surface area contributed by atoms with Crippen LogP contribution in [0.4, 0.5) is 11.4 Å². The summed E-state index contributed by atoms with van der Waals surface area (Å²) in [4.78, 5) is 34.9. The van der Waals surface area contributed by atoms with Crippen molar-refractivity contribution in [3.8, 4) is 5.75 Å². The normalized spacial score (nSPS) is 17.1. The van der Waals surface area contributed by atoms with Gasteiger partial charge >= 0.3 is 0 Å². The third-order valence-electron chi connectivity index (χ3n) is 8.38. The van der Waals surface area contributed by atoms with Crippen LogP contribution in [-0.2, 0) is 12.8 Å². The molecule has 2 amide bonds. The van der Waals surface area contributed by atoms with Crippen LogP contribution in [0.2, 0.25) is 0 Å². The molecule has 2 atom stereocenters. The summed E-state index contributed by atoms with van der Waals surface area (Å²) < 4.78 is 0. The number of aromatic hydroxyl groups is 1. The van der Waals surface area contributed by atoms with Gasteiger partial charge in [0, 0.05) is 51.4 Å². The highest BCUT2D eigenvalue weighted by Crippen LogP contribution is 2.48. The van der Waals surface area contributed by atoms with Crippen LogP contribution in [0.15, 0.2) is 60.7 Å². The van der Waals surface area contributed by atoms with Crippen molar-refractivity contribution in [2.75, 3.05) is 16.8 Å². The van der Waals surface area contributed by atoms with Crippen molar-refractivity contribution in [1.82, 2.24) is 9.97 Å². The molecule has 0 spiro atoms. The molecule has 3 aromatic carbocycles. The van der Waals surface area contributed by atoms with Gasteiger partial charge in [0.25, 0.3) is 11.8 Å². The smallest absolute Gasteiger partial charge is 0.274 e. The molecular weight excluding hydrogens is 524 g/mol. The topological polar surface area (TPSA) is 101 Å². The number of hydrogen-bond acceptors (Lipinski definition) is 3. The van der Waals surface area contributed by atoms with E-state index in [-0.39, 0.29) is 28.9 Å². The number of H-pyrrole nitrogens is 2. The van der Waals surface area contributed by atoms with Gasteiger partial charge < -0.3 is 25.3 Å². The van der Waals surface area contributed by atoms with E-state index < -0.39 is 0 Å². The Labute approximate surface area is 236 Å². The molecule has 8 heteroatoms. The van der Waals surface area contributed by atoms with Crippen LogP contribution in [0.3, 0.4) is 0 Å². The van der Waals surface area contributed by atoms with Crippen LogP contribution in [0, 0.1) is 0 Å². The predicted molar refractivity (Wildman–Crippen MR) is 159 cm³/mol. The van der Waals surface area contributed by atoms with E-state index in [1.54, 1.807) is 11.0 Å². The van der Waals surface area contributed by atoms with Crippen molar-refractivity contribution in [3.05, 3.63) is 88.7 Å². The molecule has 1 aliphatic carbocycles. The number of carbonyl (C=O) groups excluding carboxylic acids is 2. The number of amides is 2. The molecule has 202 valence electrons. The molecule has 2 aromatic heterocycles. The lowest BCUT2D eigenvalue weighted by Gasteiger charge is -2.24. The number of carbonyl (C=O) groups is 2. The fraction of sp³-hybridized carbons (Fsp3) is 0.250. The molecule has 0 fully saturated rings. The van der Waals surface area contributed by atoms with Crippen molar-refractivity contribution in [3.63, 3.8) is 0 Å². The fourth-order valence-corrected chi connectivity index (χ4v) is 6.60. The molecule has 7 rings (SSSR count). The molecule has 3 heterocycles. The first-order valence-corrected chi connectivity index (χ1v) is 14.2. The van der Waals surface area contributed by atoms with Crippen LogP contribution >= 0.6 is 11.6 Å². The predicted octanol–water partition coefficient (Wildman–Crippen LogP) is 6.86. The minimum Gasteiger partial charge on any atom is -0.508 e. The average molecular weight is 553 g/mol. The molecule has 40 heavy (non-hydrogen) atoms. The molecule has 0 radical (unpaired) electrons. The molecule has 2 aliphatic rings. The molecule has 7 nitrogen and oxygen atoms in total. The zero-order chi connectivity index (χ0) is 27.5. The van der Waals surface area contributed by atoms with Crippen LogP contribution < -0.4 is 10.2 Å². The van der Waals surface area contributed by atoms with Gasteiger partial charge in [-0.2, -0.15) is 0 Å². The van der Waals surface area contributed by atoms with Crippen molar-refractivity contribution < 1.29 is 14.7 Å². The van der Waals surface area contributed by atoms with Crippen molar-refractivity contribution >= 4 is 56.6 Å². The maximum absolute atomic E-state index is 13.9. The number of nitrogens with one attached hydrogen (secondary N) is 3. The lowest BCUT2D eigenvalue weighted by Crippen LogP contribution is -2.31. The van der Waals surface area contributed by atoms with Crippen molar-refractivity contribution in [2.24, 2.45) is 0 Å². The van der Waals surface area contributed by atoms with E-state index in [1.807, 2.05) is 61.5 Å². The van der Waals surface area contributed by atoms with E-state index in [9.17, 15) is 14.7 Å². The van der Waals surface area contributed by atoms with Gasteiger partial charge in [-0.1, -0.05) is 18.2 Å². The molecule has 0 bridgehead atoms. The third-order valence-corrected chi connectivity index (χ3v) is 8.68. The number of rotatable bonds is 4. The molecule has 0 saturated carbocycles. The number of halogens is 1. The summed E-state index contributed by atoms with van der Waals surface area (Å²) in [6.07, 6.45) is 3.88. The first-order chi connectivity index (χ1) is 19.4. The van der Waals surface area contributed by atoms with Gasteiger partial charge in [-0.15, -0.1) is 11.6 Å². The Morgan fingerprint density at radius 3 is 2.48 bits per heavy atom. The van der Waals surface area contributed by atoms with Crippen LogP contribution in [0.25, 0.3) is 21.8 Å². The maximum atomic E-state index is 13.9. The van der Waals surface area contributed by atoms with Gasteiger partial charge in [0.1, 0.15) is 17.1 Å². The number of fused-ring (bicyclic) bond motifs is 5. The molecule has 1 aliphatic heterocycles. The van der Waals surface area contributed by atoms with Gasteiger partial charge in [-0.25, -0.2) is 0 Å². The Hall–Kier alpha value is -4.23. The Morgan fingerprint density at radius 2 is 1.68 bits per heavy atom. The highest BCUT2D eigenvalue weighted by atomic mass is 35.5. The first-order valence-electron chi connectivity index (χ1n) is 13.7. The van der Waals surface area contributed by atoms with Crippen molar-refractivity contribution in [1.29, 1.82) is 0 Å². The zero-order valence-electron chi connectivity index (χ0n) is 22.1. The summed E-state index contributed by atoms with van der Waals surface area (Å²) in [5.74, 6) is -0.137. The number of para-hydroxylation sites is 1. The molecular formula is C32H29ClN4O3. The van der Waals surface area contributed by atoms with Gasteiger partial charge in [0.15, 0.2) is 0 Å². The highest BCUT2D eigenvalue weighted by Gasteiger charge is 2.39. The van der Waals surface area contributed by atoms with E-state index in [2.05, 4.69) is 15.3 Å². The third kappa shape index (κ3) is 4.04. The Morgan fingerprint density at radius 1 is 0.950 bits per heavy atom. The Bertz CT molecular complexity index is 1790. The summed E-state index contributed by atoms with van der Waals surface area (Å²) in [5, 5.41) is 15.4. The van der Waals surface area contributed by atoms with Gasteiger partial charge in [0.2, 0.25) is 0 Å². The second kappa shape index (κ2) is 9.45. The maximum Gasteiger partial charge on any atom is 0.274 e. The summed E-state index contributed by atoms with van der Waals surface area (Å²) in [7, 11) is 0. The fourth-order valence-electron chi connectivity index (χ4n) is 6.39. The van der Waals surface area contributed by atoms with Gasteiger partial charge in [-0.05, 0) is 85.7 Å². The first kappa shape index (κ1) is 24.8. The number of phenolic OH excluding ortho intramolecular Hbond substituents is 1. The van der Waals surface area contributed by atoms with E-state index in [1.165, 1.54) is 5.56 Å². The molecule has 4 N–H and O–H groups in total. The SMILES string of the molecule is C[C@@H](Cl)[C@@H]1CN(C(=O)c2cc3cc(NC(=O)c4cc5ccccc5[nH]4)ccc3[nH]2)c2cc(O)c3c(c21)CCCC3. The zero-order valence-corrected chi connectivity index (χ0v) is 22.8. The second-order valence-electron chi connectivity index (χ2n) is 10.9. The van der Waals surface area contributed by atoms with Crippen LogP contribution in [-0.4, -0.2) is 38.8 Å². The largest absolute Gasteiger partial charge is 0.508 e.